The third kappa shape index (κ3) is 6.17. The summed E-state index contributed by atoms with van der Waals surface area (Å²) in [5.41, 5.74) is 1.57. The number of nitrogens with zero attached hydrogens (tertiary/aromatic N) is 3. The first-order valence-corrected chi connectivity index (χ1v) is 14.6. The van der Waals surface area contributed by atoms with E-state index < -0.39 is 17.8 Å². The monoisotopic (exact) mass is 579 g/mol. The number of carbonyl (C=O) groups is 1. The van der Waals surface area contributed by atoms with Crippen LogP contribution in [0.3, 0.4) is 0 Å². The maximum atomic E-state index is 13.6. The molecule has 0 bridgehead atoms. The van der Waals surface area contributed by atoms with Crippen LogP contribution in [0, 0.1) is 5.92 Å². The number of aliphatic hydroxyl groups is 2. The quantitative estimate of drug-likeness (QED) is 0.268. The van der Waals surface area contributed by atoms with E-state index in [9.17, 15) is 15.0 Å². The van der Waals surface area contributed by atoms with E-state index >= 15 is 0 Å². The van der Waals surface area contributed by atoms with Crippen molar-refractivity contribution in [2.75, 3.05) is 33.4 Å². The molecular formula is C32H38ClN3O5. The molecule has 1 aliphatic heterocycles. The molecule has 8 nitrogen and oxygen atoms in total. The van der Waals surface area contributed by atoms with Gasteiger partial charge in [-0.05, 0) is 62.6 Å². The zero-order valence-electron chi connectivity index (χ0n) is 23.4. The Labute approximate surface area is 246 Å². The molecule has 1 aliphatic carbocycles. The van der Waals surface area contributed by atoms with Gasteiger partial charge in [0.05, 0.1) is 30.8 Å². The van der Waals surface area contributed by atoms with Crippen LogP contribution in [0.4, 0.5) is 0 Å². The fourth-order valence-corrected chi connectivity index (χ4v) is 6.57. The van der Waals surface area contributed by atoms with Crippen LogP contribution in [0.5, 0.6) is 0 Å². The van der Waals surface area contributed by atoms with Crippen LogP contribution in [0.1, 0.15) is 37.7 Å². The number of hydrogen-bond acceptors (Lipinski definition) is 7. The van der Waals surface area contributed by atoms with E-state index in [-0.39, 0.29) is 24.4 Å². The third-order valence-corrected chi connectivity index (χ3v) is 8.82. The van der Waals surface area contributed by atoms with E-state index in [0.29, 0.717) is 61.6 Å². The van der Waals surface area contributed by atoms with Gasteiger partial charge in [-0.2, -0.15) is 0 Å². The van der Waals surface area contributed by atoms with E-state index in [1.807, 2.05) is 48.5 Å². The first-order valence-electron chi connectivity index (χ1n) is 14.3. The van der Waals surface area contributed by atoms with E-state index in [2.05, 4.69) is 16.7 Å². The highest BCUT2D eigenvalue weighted by molar-refractivity contribution is 6.33. The third-order valence-electron chi connectivity index (χ3n) is 8.51. The van der Waals surface area contributed by atoms with Crippen molar-refractivity contribution < 1.29 is 24.5 Å². The van der Waals surface area contributed by atoms with Gasteiger partial charge in [-0.15, -0.1) is 0 Å². The number of aliphatic imine (C=N–C) groups is 1. The summed E-state index contributed by atoms with van der Waals surface area (Å²) in [7, 11) is 1.66. The van der Waals surface area contributed by atoms with Crippen molar-refractivity contribution in [3.8, 4) is 11.1 Å². The highest BCUT2D eigenvalue weighted by Gasteiger charge is 2.46. The maximum absolute atomic E-state index is 13.6. The van der Waals surface area contributed by atoms with Crippen LogP contribution in [0.15, 0.2) is 59.7 Å². The highest BCUT2D eigenvalue weighted by Crippen LogP contribution is 2.43. The van der Waals surface area contributed by atoms with Crippen molar-refractivity contribution in [2.24, 2.45) is 10.9 Å². The van der Waals surface area contributed by atoms with Gasteiger partial charge in [-0.25, -0.2) is 0 Å². The van der Waals surface area contributed by atoms with Crippen LogP contribution in [-0.4, -0.2) is 84.4 Å². The SMILES string of the molecule is C=N[C@@H]1C[C@H](C(=O)N2CCO[C@@H]([C@](O)(CCCCOC)c3cccc(Cl)c3-c3cnc4ccccc4c3)C2)C[C@@H]1O. The molecule has 9 heteroatoms. The summed E-state index contributed by atoms with van der Waals surface area (Å²) in [6.45, 7) is 5.08. The zero-order valence-corrected chi connectivity index (χ0v) is 24.2. The number of benzene rings is 2. The van der Waals surface area contributed by atoms with Gasteiger partial charge >= 0.3 is 0 Å². The number of fused-ring (bicyclic) bond motifs is 1. The van der Waals surface area contributed by atoms with Crippen LogP contribution >= 0.6 is 11.6 Å². The van der Waals surface area contributed by atoms with E-state index in [0.717, 1.165) is 22.9 Å². The minimum Gasteiger partial charge on any atom is -0.391 e. The van der Waals surface area contributed by atoms with Crippen molar-refractivity contribution in [1.82, 2.24) is 9.88 Å². The van der Waals surface area contributed by atoms with Crippen LogP contribution in [0.2, 0.25) is 5.02 Å². The number of aliphatic hydroxyl groups excluding tert-OH is 1. The van der Waals surface area contributed by atoms with Gasteiger partial charge in [0.25, 0.3) is 0 Å². The molecule has 1 amide bonds. The van der Waals surface area contributed by atoms with Gasteiger partial charge in [0, 0.05) is 53.9 Å². The van der Waals surface area contributed by atoms with Gasteiger partial charge in [0.2, 0.25) is 5.91 Å². The minimum absolute atomic E-state index is 0.0460. The molecular weight excluding hydrogens is 542 g/mol. The number of morpholine rings is 1. The molecule has 2 fully saturated rings. The summed E-state index contributed by atoms with van der Waals surface area (Å²) in [6, 6.07) is 15.1. The molecule has 41 heavy (non-hydrogen) atoms. The second kappa shape index (κ2) is 13.0. The number of methoxy groups -OCH3 is 1. The minimum atomic E-state index is -1.45. The molecule has 5 rings (SSSR count). The first-order chi connectivity index (χ1) is 19.9. The van der Waals surface area contributed by atoms with E-state index in [1.165, 1.54) is 0 Å². The molecule has 2 heterocycles. The summed E-state index contributed by atoms with van der Waals surface area (Å²) < 4.78 is 11.5. The Morgan fingerprint density at radius 1 is 1.24 bits per heavy atom. The number of pyridine rings is 1. The van der Waals surface area contributed by atoms with Crippen molar-refractivity contribution in [3.05, 3.63) is 65.3 Å². The molecule has 2 aromatic carbocycles. The Balaban J connectivity index is 1.50. The molecule has 1 saturated heterocycles. The van der Waals surface area contributed by atoms with Crippen LogP contribution in [0.25, 0.3) is 22.0 Å². The number of carbonyl (C=O) groups excluding carboxylic acids is 1. The molecule has 218 valence electrons. The largest absolute Gasteiger partial charge is 0.391 e. The maximum Gasteiger partial charge on any atom is 0.226 e. The Bertz CT molecular complexity index is 1390. The Morgan fingerprint density at radius 3 is 2.85 bits per heavy atom. The van der Waals surface area contributed by atoms with Gasteiger partial charge in [-0.3, -0.25) is 14.8 Å². The van der Waals surface area contributed by atoms with Crippen molar-refractivity contribution >= 4 is 35.1 Å². The van der Waals surface area contributed by atoms with Gasteiger partial charge < -0.3 is 24.6 Å². The number of rotatable bonds is 10. The van der Waals surface area contributed by atoms with E-state index in [1.54, 1.807) is 18.2 Å². The molecule has 0 radical (unpaired) electrons. The first kappa shape index (κ1) is 29.6. The Hall–Kier alpha value is -2.88. The summed E-state index contributed by atoms with van der Waals surface area (Å²) in [6.07, 6.45) is 3.10. The fraction of sp³-hybridized carbons (Fsp3) is 0.469. The average Bonchev–Trinajstić information content (AvgIpc) is 3.39. The fourth-order valence-electron chi connectivity index (χ4n) is 6.28. The molecule has 5 atom stereocenters. The molecule has 0 unspecified atom stereocenters. The molecule has 1 aromatic heterocycles. The summed E-state index contributed by atoms with van der Waals surface area (Å²) >= 11 is 6.85. The summed E-state index contributed by atoms with van der Waals surface area (Å²) in [5.74, 6) is -0.380. The average molecular weight is 580 g/mol. The smallest absolute Gasteiger partial charge is 0.226 e. The molecule has 0 spiro atoms. The lowest BCUT2D eigenvalue weighted by Gasteiger charge is -2.44. The Kier molecular flexibility index (Phi) is 9.36. The lowest BCUT2D eigenvalue weighted by atomic mass is 9.79. The number of unbranched alkanes of at least 4 members (excludes halogenated alkanes) is 1. The van der Waals surface area contributed by atoms with Crippen molar-refractivity contribution in [3.63, 3.8) is 0 Å². The summed E-state index contributed by atoms with van der Waals surface area (Å²) in [5, 5.41) is 24.4. The number of ether oxygens (including phenoxy) is 2. The van der Waals surface area contributed by atoms with Crippen molar-refractivity contribution in [1.29, 1.82) is 0 Å². The van der Waals surface area contributed by atoms with Crippen LogP contribution in [-0.2, 0) is 19.9 Å². The van der Waals surface area contributed by atoms with Gasteiger partial charge in [-0.1, -0.05) is 41.9 Å². The molecule has 1 saturated carbocycles. The lowest BCUT2D eigenvalue weighted by molar-refractivity contribution is -0.167. The van der Waals surface area contributed by atoms with Crippen molar-refractivity contribution in [2.45, 2.75) is 56.0 Å². The number of halogens is 1. The predicted octanol–water partition coefficient (Wildman–Crippen LogP) is 4.63. The lowest BCUT2D eigenvalue weighted by Crippen LogP contribution is -2.55. The van der Waals surface area contributed by atoms with E-state index in [4.69, 9.17) is 21.1 Å². The second-order valence-electron chi connectivity index (χ2n) is 11.1. The number of para-hydroxylation sites is 1. The standard InChI is InChI=1S/C32H38ClN3O5/c1-34-27-17-22(18-28(27)37)31(38)36-13-15-41-29(20-36)32(39,12-5-6-14-40-2)24-9-7-10-25(33)30(24)23-16-21-8-3-4-11-26(21)35-19-23/h3-4,7-11,16,19,22,27-29,37,39H,1,5-6,12-15,17-18,20H2,2H3/t22-,27+,28-,29+,32-/m0/s1. The van der Waals surface area contributed by atoms with Crippen LogP contribution < -0.4 is 0 Å². The molecule has 3 aromatic rings. The highest BCUT2D eigenvalue weighted by atomic mass is 35.5. The zero-order chi connectivity index (χ0) is 29.0. The Morgan fingerprint density at radius 2 is 2.07 bits per heavy atom. The normalized spacial score (nSPS) is 24.3. The predicted molar refractivity (Wildman–Crippen MR) is 160 cm³/mol. The molecule has 2 N–H and O–H groups in total. The number of amides is 1. The molecule has 2 aliphatic rings. The summed E-state index contributed by atoms with van der Waals surface area (Å²) in [4.78, 5) is 24.0. The topological polar surface area (TPSA) is 104 Å². The van der Waals surface area contributed by atoms with Gasteiger partial charge in [0.1, 0.15) is 11.7 Å². The number of aromatic nitrogens is 1. The van der Waals surface area contributed by atoms with Gasteiger partial charge in [0.15, 0.2) is 0 Å². The number of hydrogen-bond donors (Lipinski definition) is 2. The second-order valence-corrected chi connectivity index (χ2v) is 11.5.